The van der Waals surface area contributed by atoms with Gasteiger partial charge in [0, 0.05) is 17.6 Å². The predicted molar refractivity (Wildman–Crippen MR) is 118 cm³/mol. The number of carbonyl (C=O) groups is 1. The smallest absolute Gasteiger partial charge is 0.243 e. The van der Waals surface area contributed by atoms with Gasteiger partial charge in [-0.05, 0) is 56.7 Å². The molecule has 0 unspecified atom stereocenters. The van der Waals surface area contributed by atoms with E-state index in [-0.39, 0.29) is 18.0 Å². The molecule has 0 saturated heterocycles. The maximum Gasteiger partial charge on any atom is 0.243 e. The van der Waals surface area contributed by atoms with Crippen molar-refractivity contribution in [1.82, 2.24) is 4.31 Å². The number of rotatable bonds is 11. The summed E-state index contributed by atoms with van der Waals surface area (Å²) in [7, 11) is -3.85. The van der Waals surface area contributed by atoms with E-state index in [9.17, 15) is 13.2 Å². The van der Waals surface area contributed by atoms with Crippen molar-refractivity contribution >= 4 is 33.2 Å². The molecule has 1 N–H and O–H groups in total. The van der Waals surface area contributed by atoms with Gasteiger partial charge in [0.1, 0.15) is 11.5 Å². The molecular formula is C21H27ClN2O5S. The molecule has 0 bridgehead atoms. The number of nitrogens with zero attached hydrogens (tertiary/aromatic N) is 1. The summed E-state index contributed by atoms with van der Waals surface area (Å²) in [5.41, 5.74) is 0.424. The van der Waals surface area contributed by atoms with Crippen molar-refractivity contribution in [2.75, 3.05) is 31.6 Å². The highest BCUT2D eigenvalue weighted by atomic mass is 35.5. The van der Waals surface area contributed by atoms with Gasteiger partial charge in [-0.15, -0.1) is 0 Å². The Bertz CT molecular complexity index is 948. The zero-order valence-corrected chi connectivity index (χ0v) is 18.9. The molecule has 2 aromatic rings. The Morgan fingerprint density at radius 3 is 2.30 bits per heavy atom. The van der Waals surface area contributed by atoms with E-state index in [0.29, 0.717) is 41.8 Å². The molecule has 164 valence electrons. The second kappa shape index (κ2) is 11.2. The minimum absolute atomic E-state index is 0.0847. The molecule has 0 aliphatic carbocycles. The number of nitrogens with one attached hydrogen (secondary N) is 1. The van der Waals surface area contributed by atoms with Crippen molar-refractivity contribution in [3.63, 3.8) is 0 Å². The molecule has 2 rings (SSSR count). The average Bonchev–Trinajstić information content (AvgIpc) is 2.70. The number of benzene rings is 2. The number of carbonyl (C=O) groups excluding carboxylic acids is 1. The molecule has 0 saturated carbocycles. The van der Waals surface area contributed by atoms with E-state index in [2.05, 4.69) is 5.32 Å². The first-order valence-corrected chi connectivity index (χ1v) is 11.6. The van der Waals surface area contributed by atoms with Crippen LogP contribution in [0.5, 0.6) is 11.5 Å². The van der Waals surface area contributed by atoms with E-state index in [0.717, 1.165) is 4.31 Å². The van der Waals surface area contributed by atoms with Gasteiger partial charge in [0.15, 0.2) is 0 Å². The van der Waals surface area contributed by atoms with E-state index < -0.39 is 15.9 Å². The van der Waals surface area contributed by atoms with Crippen LogP contribution in [0.4, 0.5) is 5.69 Å². The van der Waals surface area contributed by atoms with Crippen molar-refractivity contribution in [3.05, 3.63) is 47.5 Å². The van der Waals surface area contributed by atoms with E-state index >= 15 is 0 Å². The zero-order chi connectivity index (χ0) is 22.1. The first-order valence-electron chi connectivity index (χ1n) is 9.77. The summed E-state index contributed by atoms with van der Waals surface area (Å²) in [5.74, 6) is 0.586. The summed E-state index contributed by atoms with van der Waals surface area (Å²) < 4.78 is 38.2. The fourth-order valence-electron chi connectivity index (χ4n) is 2.78. The molecule has 0 atom stereocenters. The quantitative estimate of drug-likeness (QED) is 0.550. The van der Waals surface area contributed by atoms with Gasteiger partial charge in [-0.3, -0.25) is 4.79 Å². The van der Waals surface area contributed by atoms with Gasteiger partial charge in [-0.25, -0.2) is 8.42 Å². The molecule has 0 aliphatic rings. The van der Waals surface area contributed by atoms with Crippen LogP contribution in [0.2, 0.25) is 5.02 Å². The SMILES string of the molecule is CCCN(CC(=O)Nc1cc(OCC)ccc1OCC)S(=O)(=O)c1ccc(Cl)cc1. The Kier molecular flexibility index (Phi) is 8.95. The lowest BCUT2D eigenvalue weighted by atomic mass is 10.2. The van der Waals surface area contributed by atoms with Crippen molar-refractivity contribution < 1.29 is 22.7 Å². The molecule has 1 amide bonds. The molecule has 7 nitrogen and oxygen atoms in total. The van der Waals surface area contributed by atoms with Crippen LogP contribution < -0.4 is 14.8 Å². The van der Waals surface area contributed by atoms with Crippen LogP contribution in [-0.4, -0.2) is 44.9 Å². The summed E-state index contributed by atoms with van der Waals surface area (Å²) in [4.78, 5) is 12.8. The second-order valence-electron chi connectivity index (χ2n) is 6.36. The molecular weight excluding hydrogens is 428 g/mol. The van der Waals surface area contributed by atoms with Gasteiger partial charge in [0.05, 0.1) is 30.3 Å². The van der Waals surface area contributed by atoms with Crippen LogP contribution in [0.25, 0.3) is 0 Å². The normalized spacial score (nSPS) is 11.4. The molecule has 0 spiro atoms. The summed E-state index contributed by atoms with van der Waals surface area (Å²) in [6.07, 6.45) is 0.560. The molecule has 30 heavy (non-hydrogen) atoms. The number of ether oxygens (including phenoxy) is 2. The lowest BCUT2D eigenvalue weighted by Gasteiger charge is -2.22. The number of hydrogen-bond acceptors (Lipinski definition) is 5. The summed E-state index contributed by atoms with van der Waals surface area (Å²) >= 11 is 5.86. The molecule has 0 fully saturated rings. The Hall–Kier alpha value is -2.29. The monoisotopic (exact) mass is 454 g/mol. The van der Waals surface area contributed by atoms with Gasteiger partial charge in [0.25, 0.3) is 0 Å². The fraction of sp³-hybridized carbons (Fsp3) is 0.381. The Labute approximate surface area is 183 Å². The Morgan fingerprint density at radius 1 is 1.03 bits per heavy atom. The zero-order valence-electron chi connectivity index (χ0n) is 17.4. The highest BCUT2D eigenvalue weighted by Gasteiger charge is 2.26. The van der Waals surface area contributed by atoms with E-state index in [1.807, 2.05) is 20.8 Å². The topological polar surface area (TPSA) is 84.9 Å². The van der Waals surface area contributed by atoms with Crippen LogP contribution >= 0.6 is 11.6 Å². The van der Waals surface area contributed by atoms with Gasteiger partial charge in [0.2, 0.25) is 15.9 Å². The Balaban J connectivity index is 2.23. The minimum Gasteiger partial charge on any atom is -0.494 e. The third kappa shape index (κ3) is 6.35. The highest BCUT2D eigenvalue weighted by Crippen LogP contribution is 2.29. The number of sulfonamides is 1. The maximum atomic E-state index is 13.0. The van der Waals surface area contributed by atoms with Crippen LogP contribution in [0.3, 0.4) is 0 Å². The largest absolute Gasteiger partial charge is 0.494 e. The van der Waals surface area contributed by atoms with Crippen LogP contribution in [-0.2, 0) is 14.8 Å². The average molecular weight is 455 g/mol. The van der Waals surface area contributed by atoms with Crippen molar-refractivity contribution in [1.29, 1.82) is 0 Å². The summed E-state index contributed by atoms with van der Waals surface area (Å²) in [5, 5.41) is 3.18. The minimum atomic E-state index is -3.85. The third-order valence-electron chi connectivity index (χ3n) is 4.08. The molecule has 2 aromatic carbocycles. The van der Waals surface area contributed by atoms with Crippen molar-refractivity contribution in [2.45, 2.75) is 32.1 Å². The second-order valence-corrected chi connectivity index (χ2v) is 8.74. The number of amides is 1. The van der Waals surface area contributed by atoms with Gasteiger partial charge < -0.3 is 14.8 Å². The van der Waals surface area contributed by atoms with E-state index in [1.54, 1.807) is 18.2 Å². The van der Waals surface area contributed by atoms with Gasteiger partial charge in [-0.2, -0.15) is 4.31 Å². The predicted octanol–water partition coefficient (Wildman–Crippen LogP) is 4.18. The molecule has 0 aliphatic heterocycles. The lowest BCUT2D eigenvalue weighted by Crippen LogP contribution is -2.38. The Morgan fingerprint density at radius 2 is 1.70 bits per heavy atom. The fourth-order valence-corrected chi connectivity index (χ4v) is 4.40. The van der Waals surface area contributed by atoms with Crippen molar-refractivity contribution in [3.8, 4) is 11.5 Å². The molecule has 9 heteroatoms. The number of hydrogen-bond donors (Lipinski definition) is 1. The summed E-state index contributed by atoms with van der Waals surface area (Å²) in [6.45, 7) is 6.32. The summed E-state index contributed by atoms with van der Waals surface area (Å²) in [6, 6.07) is 11.0. The maximum absolute atomic E-state index is 13.0. The van der Waals surface area contributed by atoms with Crippen molar-refractivity contribution in [2.24, 2.45) is 0 Å². The number of halogens is 1. The highest BCUT2D eigenvalue weighted by molar-refractivity contribution is 7.89. The molecule has 0 radical (unpaired) electrons. The standard InChI is InChI=1S/C21H27ClN2O5S/c1-4-13-24(30(26,27)18-10-7-16(22)8-11-18)15-21(25)23-19-14-17(28-5-2)9-12-20(19)29-6-3/h7-12,14H,4-6,13,15H2,1-3H3,(H,23,25). The first-order chi connectivity index (χ1) is 14.3. The third-order valence-corrected chi connectivity index (χ3v) is 6.19. The molecule has 0 heterocycles. The number of anilines is 1. The first kappa shape index (κ1) is 24.0. The lowest BCUT2D eigenvalue weighted by molar-refractivity contribution is -0.116. The van der Waals surface area contributed by atoms with Gasteiger partial charge in [-0.1, -0.05) is 18.5 Å². The molecule has 0 aromatic heterocycles. The van der Waals surface area contributed by atoms with E-state index in [1.165, 1.54) is 24.3 Å². The van der Waals surface area contributed by atoms with Crippen LogP contribution in [0.15, 0.2) is 47.4 Å². The van der Waals surface area contributed by atoms with Crippen LogP contribution in [0, 0.1) is 0 Å². The van der Waals surface area contributed by atoms with Gasteiger partial charge >= 0.3 is 0 Å². The van der Waals surface area contributed by atoms with E-state index in [4.69, 9.17) is 21.1 Å². The van der Waals surface area contributed by atoms with Crippen LogP contribution in [0.1, 0.15) is 27.2 Å².